The molecule has 0 saturated carbocycles. The first-order valence-electron chi connectivity index (χ1n) is 6.64. The molecule has 1 heterocycles. The average Bonchev–Trinajstić information content (AvgIpc) is 2.91. The number of hydrogen-bond acceptors (Lipinski definition) is 3. The maximum atomic E-state index is 6.22. The van der Waals surface area contributed by atoms with Crippen molar-refractivity contribution in [2.24, 2.45) is 5.73 Å². The van der Waals surface area contributed by atoms with Crippen molar-refractivity contribution in [3.05, 3.63) is 51.7 Å². The minimum absolute atomic E-state index is 0.0133. The van der Waals surface area contributed by atoms with E-state index in [4.69, 9.17) is 10.5 Å². The van der Waals surface area contributed by atoms with Crippen molar-refractivity contribution in [2.45, 2.75) is 39.3 Å². The third-order valence-electron chi connectivity index (χ3n) is 3.27. The highest BCUT2D eigenvalue weighted by Crippen LogP contribution is 2.30. The van der Waals surface area contributed by atoms with Crippen LogP contribution in [0.25, 0.3) is 0 Å². The van der Waals surface area contributed by atoms with Crippen LogP contribution in [0.5, 0.6) is 5.75 Å². The lowest BCUT2D eigenvalue weighted by atomic mass is 10.1. The molecular formula is C16H21NOS. The summed E-state index contributed by atoms with van der Waals surface area (Å²) < 4.78 is 6.18. The molecule has 3 heteroatoms. The van der Waals surface area contributed by atoms with Gasteiger partial charge in [-0.15, -0.1) is 11.3 Å². The first-order chi connectivity index (χ1) is 9.11. The Labute approximate surface area is 119 Å². The van der Waals surface area contributed by atoms with Crippen LogP contribution in [0.15, 0.2) is 35.7 Å². The number of ether oxygens (including phenoxy) is 1. The number of rotatable bonds is 5. The molecule has 0 aliphatic rings. The lowest BCUT2D eigenvalue weighted by molar-refractivity contribution is 0.173. The Morgan fingerprint density at radius 3 is 2.63 bits per heavy atom. The summed E-state index contributed by atoms with van der Waals surface area (Å²) >= 11 is 1.70. The van der Waals surface area contributed by atoms with Gasteiger partial charge in [-0.1, -0.05) is 30.7 Å². The second-order valence-corrected chi connectivity index (χ2v) is 5.87. The van der Waals surface area contributed by atoms with Gasteiger partial charge in [-0.3, -0.25) is 0 Å². The third kappa shape index (κ3) is 3.37. The number of hydrogen-bond donors (Lipinski definition) is 1. The monoisotopic (exact) mass is 275 g/mol. The summed E-state index contributed by atoms with van der Waals surface area (Å²) in [5.41, 5.74) is 8.62. The second-order valence-electron chi connectivity index (χ2n) is 4.89. The van der Waals surface area contributed by atoms with Gasteiger partial charge in [0.2, 0.25) is 0 Å². The predicted molar refractivity (Wildman–Crippen MR) is 81.9 cm³/mol. The van der Waals surface area contributed by atoms with E-state index < -0.39 is 0 Å². The molecule has 102 valence electrons. The predicted octanol–water partition coefficient (Wildman–Crippen LogP) is 4.22. The standard InChI is InChI=1S/C16H21NOS/c1-4-13(17)16(15-6-5-9-19-15)18-14-8-7-11(2)10-12(14)3/h5-10,13,16H,4,17H2,1-3H3. The molecule has 2 atom stereocenters. The summed E-state index contributed by atoms with van der Waals surface area (Å²) in [4.78, 5) is 1.19. The lowest BCUT2D eigenvalue weighted by Crippen LogP contribution is -2.31. The van der Waals surface area contributed by atoms with Gasteiger partial charge in [0.15, 0.2) is 0 Å². The molecule has 0 spiro atoms. The van der Waals surface area contributed by atoms with E-state index in [0.29, 0.717) is 0 Å². The van der Waals surface area contributed by atoms with E-state index in [2.05, 4.69) is 44.4 Å². The molecule has 0 saturated heterocycles. The van der Waals surface area contributed by atoms with Crippen molar-refractivity contribution >= 4 is 11.3 Å². The molecule has 2 rings (SSSR count). The zero-order chi connectivity index (χ0) is 13.8. The topological polar surface area (TPSA) is 35.2 Å². The summed E-state index contributed by atoms with van der Waals surface area (Å²) in [5, 5.41) is 2.07. The van der Waals surface area contributed by atoms with Crippen LogP contribution >= 0.6 is 11.3 Å². The van der Waals surface area contributed by atoms with E-state index in [9.17, 15) is 0 Å². The van der Waals surface area contributed by atoms with E-state index >= 15 is 0 Å². The molecule has 2 aromatic rings. The van der Waals surface area contributed by atoms with Gasteiger partial charge in [-0.05, 0) is 43.3 Å². The second kappa shape index (κ2) is 6.22. The van der Waals surface area contributed by atoms with E-state index in [1.807, 2.05) is 12.1 Å². The Hall–Kier alpha value is -1.32. The Balaban J connectivity index is 2.25. The van der Waals surface area contributed by atoms with Crippen LogP contribution < -0.4 is 10.5 Å². The maximum Gasteiger partial charge on any atom is 0.148 e. The zero-order valence-corrected chi connectivity index (χ0v) is 12.5. The minimum atomic E-state index is -0.0635. The van der Waals surface area contributed by atoms with Crippen molar-refractivity contribution in [2.75, 3.05) is 0 Å². The van der Waals surface area contributed by atoms with Gasteiger partial charge >= 0.3 is 0 Å². The van der Waals surface area contributed by atoms with Crippen molar-refractivity contribution in [1.82, 2.24) is 0 Å². The Morgan fingerprint density at radius 1 is 1.26 bits per heavy atom. The lowest BCUT2D eigenvalue weighted by Gasteiger charge is -2.24. The number of thiophene rings is 1. The van der Waals surface area contributed by atoms with Crippen LogP contribution in [-0.2, 0) is 0 Å². The van der Waals surface area contributed by atoms with E-state index in [1.165, 1.54) is 10.4 Å². The smallest absolute Gasteiger partial charge is 0.148 e. The molecule has 0 aliphatic heterocycles. The number of nitrogens with two attached hydrogens (primary N) is 1. The van der Waals surface area contributed by atoms with Crippen LogP contribution in [0, 0.1) is 13.8 Å². The van der Waals surface area contributed by atoms with Crippen LogP contribution in [0.2, 0.25) is 0 Å². The van der Waals surface area contributed by atoms with Gasteiger partial charge in [-0.25, -0.2) is 0 Å². The Kier molecular flexibility index (Phi) is 4.61. The number of aryl methyl sites for hydroxylation is 2. The summed E-state index contributed by atoms with van der Waals surface area (Å²) in [6, 6.07) is 10.4. The molecule has 2 nitrogen and oxygen atoms in total. The summed E-state index contributed by atoms with van der Waals surface area (Å²) in [5.74, 6) is 0.924. The largest absolute Gasteiger partial charge is 0.483 e. The first kappa shape index (κ1) is 14.1. The van der Waals surface area contributed by atoms with E-state index in [-0.39, 0.29) is 12.1 Å². The molecule has 2 unspecified atom stereocenters. The molecule has 0 aliphatic carbocycles. The molecule has 0 radical (unpaired) electrons. The molecule has 0 bridgehead atoms. The quantitative estimate of drug-likeness (QED) is 0.886. The van der Waals surface area contributed by atoms with Crippen molar-refractivity contribution < 1.29 is 4.74 Å². The van der Waals surface area contributed by atoms with Crippen molar-refractivity contribution in [3.8, 4) is 5.75 Å². The highest BCUT2D eigenvalue weighted by Gasteiger charge is 2.22. The summed E-state index contributed by atoms with van der Waals surface area (Å²) in [6.45, 7) is 6.26. The van der Waals surface area contributed by atoms with Crippen LogP contribution in [0.3, 0.4) is 0 Å². The minimum Gasteiger partial charge on any atom is -0.483 e. The normalized spacial score (nSPS) is 14.1. The fourth-order valence-corrected chi connectivity index (χ4v) is 2.92. The molecular weight excluding hydrogens is 254 g/mol. The van der Waals surface area contributed by atoms with Gasteiger partial charge in [0.1, 0.15) is 11.9 Å². The van der Waals surface area contributed by atoms with Crippen molar-refractivity contribution in [3.63, 3.8) is 0 Å². The number of benzene rings is 1. The van der Waals surface area contributed by atoms with Gasteiger partial charge in [0.25, 0.3) is 0 Å². The SMILES string of the molecule is CCC(N)C(Oc1ccc(C)cc1C)c1cccs1. The molecule has 19 heavy (non-hydrogen) atoms. The van der Waals surface area contributed by atoms with Crippen LogP contribution in [0.4, 0.5) is 0 Å². The Bertz CT molecular complexity index is 522. The molecule has 1 aromatic heterocycles. The van der Waals surface area contributed by atoms with E-state index in [0.717, 1.165) is 17.7 Å². The van der Waals surface area contributed by atoms with Crippen molar-refractivity contribution in [1.29, 1.82) is 0 Å². The highest BCUT2D eigenvalue weighted by molar-refractivity contribution is 7.10. The molecule has 0 fully saturated rings. The highest BCUT2D eigenvalue weighted by atomic mass is 32.1. The molecule has 1 aromatic carbocycles. The zero-order valence-electron chi connectivity index (χ0n) is 11.7. The van der Waals surface area contributed by atoms with Gasteiger partial charge in [-0.2, -0.15) is 0 Å². The fraction of sp³-hybridized carbons (Fsp3) is 0.375. The first-order valence-corrected chi connectivity index (χ1v) is 7.52. The summed E-state index contributed by atoms with van der Waals surface area (Å²) in [7, 11) is 0. The Morgan fingerprint density at radius 2 is 2.05 bits per heavy atom. The van der Waals surface area contributed by atoms with E-state index in [1.54, 1.807) is 11.3 Å². The van der Waals surface area contributed by atoms with Gasteiger partial charge < -0.3 is 10.5 Å². The summed E-state index contributed by atoms with van der Waals surface area (Å²) in [6.07, 6.45) is 0.833. The van der Waals surface area contributed by atoms with Crippen LogP contribution in [0.1, 0.15) is 35.5 Å². The molecule has 2 N–H and O–H groups in total. The van der Waals surface area contributed by atoms with Crippen LogP contribution in [-0.4, -0.2) is 6.04 Å². The third-order valence-corrected chi connectivity index (χ3v) is 4.20. The maximum absolute atomic E-state index is 6.22. The van der Waals surface area contributed by atoms with Gasteiger partial charge in [0.05, 0.1) is 0 Å². The average molecular weight is 275 g/mol. The fourth-order valence-electron chi connectivity index (χ4n) is 2.09. The molecule has 0 amide bonds. The van der Waals surface area contributed by atoms with Gasteiger partial charge in [0, 0.05) is 10.9 Å².